The predicted octanol–water partition coefficient (Wildman–Crippen LogP) is 4.38. The van der Waals surface area contributed by atoms with Gasteiger partial charge in [0, 0.05) is 17.0 Å². The van der Waals surface area contributed by atoms with Gasteiger partial charge in [-0.15, -0.1) is 0 Å². The Hall–Kier alpha value is -2.93. The molecule has 0 fully saturated rings. The number of nitrogens with one attached hydrogen (secondary N) is 1. The molecular formula is C25H26ClN3O3. The van der Waals surface area contributed by atoms with Crippen LogP contribution < -0.4 is 10.3 Å². The van der Waals surface area contributed by atoms with Crippen molar-refractivity contribution in [3.63, 3.8) is 0 Å². The average molecular weight is 452 g/mol. The first-order chi connectivity index (χ1) is 15.5. The van der Waals surface area contributed by atoms with Crippen LogP contribution in [0.25, 0.3) is 21.7 Å². The zero-order valence-corrected chi connectivity index (χ0v) is 18.7. The van der Waals surface area contributed by atoms with Crippen LogP contribution in [-0.4, -0.2) is 45.8 Å². The van der Waals surface area contributed by atoms with Gasteiger partial charge in [-0.05, 0) is 42.6 Å². The number of halogens is 1. The third-order valence-electron chi connectivity index (χ3n) is 5.28. The van der Waals surface area contributed by atoms with Crippen LogP contribution >= 0.6 is 11.6 Å². The minimum absolute atomic E-state index is 0.172. The van der Waals surface area contributed by atoms with Crippen molar-refractivity contribution in [3.05, 3.63) is 81.9 Å². The number of rotatable bonds is 9. The lowest BCUT2D eigenvalue weighted by atomic mass is 10.1. The van der Waals surface area contributed by atoms with Crippen LogP contribution in [0.4, 0.5) is 0 Å². The van der Waals surface area contributed by atoms with E-state index in [0.717, 1.165) is 29.5 Å². The number of hydrogen-bond donors (Lipinski definition) is 2. The predicted molar refractivity (Wildman–Crippen MR) is 128 cm³/mol. The Kier molecular flexibility index (Phi) is 7.05. The molecule has 0 bridgehead atoms. The maximum Gasteiger partial charge on any atom is 0.258 e. The summed E-state index contributed by atoms with van der Waals surface area (Å²) in [5, 5.41) is 13.8. The highest BCUT2D eigenvalue weighted by molar-refractivity contribution is 6.31. The third kappa shape index (κ3) is 5.27. The average Bonchev–Trinajstić information content (AvgIpc) is 2.77. The fraction of sp³-hybridized carbons (Fsp3) is 0.280. The van der Waals surface area contributed by atoms with Crippen molar-refractivity contribution in [2.45, 2.75) is 26.0 Å². The maximum atomic E-state index is 12.4. The van der Waals surface area contributed by atoms with Gasteiger partial charge in [-0.3, -0.25) is 9.69 Å². The van der Waals surface area contributed by atoms with Crippen LogP contribution in [0.1, 0.15) is 19.2 Å². The summed E-state index contributed by atoms with van der Waals surface area (Å²) in [7, 11) is 0. The highest BCUT2D eigenvalue weighted by atomic mass is 35.5. The number of aromatic nitrogens is 2. The second-order valence-electron chi connectivity index (χ2n) is 7.85. The molecule has 0 spiro atoms. The van der Waals surface area contributed by atoms with E-state index in [0.29, 0.717) is 34.8 Å². The van der Waals surface area contributed by atoms with Crippen molar-refractivity contribution in [2.24, 2.45) is 0 Å². The van der Waals surface area contributed by atoms with Gasteiger partial charge >= 0.3 is 0 Å². The molecule has 1 unspecified atom stereocenters. The number of hydrogen-bond acceptors (Lipinski definition) is 5. The van der Waals surface area contributed by atoms with Gasteiger partial charge in [0.25, 0.3) is 5.56 Å². The van der Waals surface area contributed by atoms with Crippen LogP contribution in [0.5, 0.6) is 5.75 Å². The minimum Gasteiger partial charge on any atom is -0.490 e. The molecule has 0 aliphatic rings. The molecule has 3 aromatic carbocycles. The molecular weight excluding hydrogens is 426 g/mol. The summed E-state index contributed by atoms with van der Waals surface area (Å²) in [6.45, 7) is 3.81. The molecule has 0 aliphatic heterocycles. The molecule has 0 saturated carbocycles. The Morgan fingerprint density at radius 3 is 2.78 bits per heavy atom. The van der Waals surface area contributed by atoms with Crippen LogP contribution in [0.2, 0.25) is 5.02 Å². The number of aliphatic hydroxyl groups is 1. The van der Waals surface area contributed by atoms with E-state index < -0.39 is 6.10 Å². The summed E-state index contributed by atoms with van der Waals surface area (Å²) < 4.78 is 5.94. The zero-order chi connectivity index (χ0) is 22.5. The molecule has 0 aliphatic carbocycles. The van der Waals surface area contributed by atoms with E-state index in [1.165, 1.54) is 0 Å². The molecule has 4 rings (SSSR count). The van der Waals surface area contributed by atoms with Crippen LogP contribution in [0, 0.1) is 0 Å². The lowest BCUT2D eigenvalue weighted by Gasteiger charge is -2.24. The fourth-order valence-corrected chi connectivity index (χ4v) is 4.02. The van der Waals surface area contributed by atoms with Gasteiger partial charge in [-0.1, -0.05) is 54.9 Å². The van der Waals surface area contributed by atoms with E-state index >= 15 is 0 Å². The van der Waals surface area contributed by atoms with Gasteiger partial charge < -0.3 is 14.8 Å². The normalized spacial score (nSPS) is 12.5. The Bertz CT molecular complexity index is 1270. The van der Waals surface area contributed by atoms with E-state index in [4.69, 9.17) is 16.3 Å². The van der Waals surface area contributed by atoms with E-state index in [2.05, 4.69) is 21.8 Å². The summed E-state index contributed by atoms with van der Waals surface area (Å²) in [5.41, 5.74) is 0.366. The molecule has 2 N–H and O–H groups in total. The van der Waals surface area contributed by atoms with Gasteiger partial charge in [0.05, 0.1) is 17.4 Å². The van der Waals surface area contributed by atoms with E-state index in [-0.39, 0.29) is 12.2 Å². The zero-order valence-electron chi connectivity index (χ0n) is 17.9. The third-order valence-corrected chi connectivity index (χ3v) is 5.52. The molecule has 1 aromatic heterocycles. The molecule has 1 atom stereocenters. The van der Waals surface area contributed by atoms with Crippen molar-refractivity contribution in [1.82, 2.24) is 14.9 Å². The van der Waals surface area contributed by atoms with Crippen molar-refractivity contribution < 1.29 is 9.84 Å². The second-order valence-corrected chi connectivity index (χ2v) is 8.29. The topological polar surface area (TPSA) is 78.5 Å². The first-order valence-electron chi connectivity index (χ1n) is 10.7. The van der Waals surface area contributed by atoms with Gasteiger partial charge in [0.2, 0.25) is 0 Å². The Morgan fingerprint density at radius 1 is 1.12 bits per heavy atom. The molecule has 32 heavy (non-hydrogen) atoms. The number of aromatic amines is 1. The smallest absolute Gasteiger partial charge is 0.258 e. The Balaban J connectivity index is 1.44. The molecule has 4 aromatic rings. The minimum atomic E-state index is -0.692. The van der Waals surface area contributed by atoms with E-state index in [1.54, 1.807) is 18.2 Å². The highest BCUT2D eigenvalue weighted by Gasteiger charge is 2.15. The number of nitrogens with zero attached hydrogens (tertiary/aromatic N) is 2. The van der Waals surface area contributed by atoms with Crippen LogP contribution in [0.15, 0.2) is 65.5 Å². The lowest BCUT2D eigenvalue weighted by Crippen LogP contribution is -2.36. The maximum absolute atomic E-state index is 12.4. The molecule has 0 amide bonds. The molecule has 7 heteroatoms. The van der Waals surface area contributed by atoms with Crippen molar-refractivity contribution in [2.75, 3.05) is 19.7 Å². The number of H-pyrrole nitrogens is 1. The van der Waals surface area contributed by atoms with Crippen molar-refractivity contribution in [1.29, 1.82) is 0 Å². The number of fused-ring (bicyclic) bond motifs is 2. The molecule has 1 heterocycles. The quantitative estimate of drug-likeness (QED) is 0.395. The molecule has 6 nitrogen and oxygen atoms in total. The molecule has 0 saturated heterocycles. The van der Waals surface area contributed by atoms with Gasteiger partial charge in [-0.2, -0.15) is 0 Å². The Labute approximate surface area is 191 Å². The first kappa shape index (κ1) is 22.3. The Morgan fingerprint density at radius 2 is 1.94 bits per heavy atom. The van der Waals surface area contributed by atoms with Gasteiger partial charge in [0.15, 0.2) is 0 Å². The summed E-state index contributed by atoms with van der Waals surface area (Å²) in [5.74, 6) is 1.29. The summed E-state index contributed by atoms with van der Waals surface area (Å²) >= 11 is 6.06. The highest BCUT2D eigenvalue weighted by Crippen LogP contribution is 2.25. The number of aliphatic hydroxyl groups excluding tert-OH is 1. The fourth-order valence-electron chi connectivity index (χ4n) is 3.86. The summed E-state index contributed by atoms with van der Waals surface area (Å²) in [4.78, 5) is 21.9. The largest absolute Gasteiger partial charge is 0.490 e. The lowest BCUT2D eigenvalue weighted by molar-refractivity contribution is 0.0653. The molecule has 166 valence electrons. The van der Waals surface area contributed by atoms with Gasteiger partial charge in [0.1, 0.15) is 24.3 Å². The van der Waals surface area contributed by atoms with E-state index in [1.807, 2.05) is 42.5 Å². The number of ether oxygens (including phenoxy) is 1. The number of benzene rings is 3. The van der Waals surface area contributed by atoms with Crippen molar-refractivity contribution >= 4 is 33.3 Å². The monoisotopic (exact) mass is 451 g/mol. The SMILES string of the molecule is CCCN(Cc1nc2cc(Cl)ccc2c(=O)[nH]1)CC(O)COc1cccc2ccccc12. The second kappa shape index (κ2) is 10.1. The summed E-state index contributed by atoms with van der Waals surface area (Å²) in [6.07, 6.45) is 0.211. The van der Waals surface area contributed by atoms with Crippen LogP contribution in [-0.2, 0) is 6.54 Å². The summed E-state index contributed by atoms with van der Waals surface area (Å²) in [6, 6.07) is 18.9. The molecule has 0 radical (unpaired) electrons. The van der Waals surface area contributed by atoms with E-state index in [9.17, 15) is 9.90 Å². The van der Waals surface area contributed by atoms with Crippen LogP contribution in [0.3, 0.4) is 0 Å². The first-order valence-corrected chi connectivity index (χ1v) is 11.1. The standard InChI is InChI=1S/C25H26ClN3O3/c1-2-12-29(15-24-27-22-13-18(26)10-11-21(22)25(31)28-24)14-19(30)16-32-23-9-5-7-17-6-3-4-8-20(17)23/h3-11,13,19,30H,2,12,14-16H2,1H3,(H,27,28,31). The van der Waals surface area contributed by atoms with Crippen molar-refractivity contribution in [3.8, 4) is 5.75 Å². The van der Waals surface area contributed by atoms with Gasteiger partial charge in [-0.25, -0.2) is 4.98 Å².